The highest BCUT2D eigenvalue weighted by Crippen LogP contribution is 2.38. The van der Waals surface area contributed by atoms with Gasteiger partial charge < -0.3 is 14.2 Å². The molecule has 0 saturated carbocycles. The standard InChI is InChI=1S/C31H28N2O5S/c1-3-10-23-17-22(18-27(36-4-2)29(23)38-21-25-12-9-8-11-24(25)20-32)19-28-30(34)33(31(35)39-28)15-16-37-26-13-6-5-7-14-26/h3,5-9,11-14,17-19H,1,4,10,15-16,21H2,2H3/b28-19-. The van der Waals surface area contributed by atoms with E-state index in [1.54, 1.807) is 24.3 Å². The van der Waals surface area contributed by atoms with Crippen molar-refractivity contribution in [2.24, 2.45) is 0 Å². The molecular weight excluding hydrogens is 512 g/mol. The van der Waals surface area contributed by atoms with E-state index in [1.165, 1.54) is 4.90 Å². The fourth-order valence-corrected chi connectivity index (χ4v) is 4.89. The molecule has 0 unspecified atom stereocenters. The summed E-state index contributed by atoms with van der Waals surface area (Å²) in [4.78, 5) is 27.1. The molecule has 0 N–H and O–H groups in total. The molecule has 39 heavy (non-hydrogen) atoms. The first-order chi connectivity index (χ1) is 19.0. The Hall–Kier alpha value is -4.48. The van der Waals surface area contributed by atoms with E-state index in [2.05, 4.69) is 12.6 Å². The molecule has 3 aromatic carbocycles. The first-order valence-corrected chi connectivity index (χ1v) is 13.3. The summed E-state index contributed by atoms with van der Waals surface area (Å²) in [6.45, 7) is 6.68. The number of thioether (sulfide) groups is 1. The maximum absolute atomic E-state index is 13.0. The zero-order chi connectivity index (χ0) is 27.6. The number of nitrogens with zero attached hydrogens (tertiary/aromatic N) is 2. The van der Waals surface area contributed by atoms with Crippen LogP contribution in [-0.4, -0.2) is 35.8 Å². The number of nitriles is 1. The average Bonchev–Trinajstić information content (AvgIpc) is 3.21. The summed E-state index contributed by atoms with van der Waals surface area (Å²) >= 11 is 0.897. The lowest BCUT2D eigenvalue weighted by Crippen LogP contribution is -2.32. The molecule has 0 atom stereocenters. The number of benzene rings is 3. The molecule has 0 aromatic heterocycles. The van der Waals surface area contributed by atoms with Gasteiger partial charge in [0.1, 0.15) is 19.0 Å². The van der Waals surface area contributed by atoms with Crippen LogP contribution in [0.3, 0.4) is 0 Å². The van der Waals surface area contributed by atoms with E-state index in [0.29, 0.717) is 46.3 Å². The minimum absolute atomic E-state index is 0.153. The lowest BCUT2D eigenvalue weighted by molar-refractivity contribution is -0.123. The molecule has 0 spiro atoms. The molecule has 1 fully saturated rings. The molecule has 198 valence electrons. The molecule has 7 nitrogen and oxygen atoms in total. The molecule has 0 aliphatic carbocycles. The largest absolute Gasteiger partial charge is 0.492 e. The van der Waals surface area contributed by atoms with Gasteiger partial charge in [-0.1, -0.05) is 42.5 Å². The van der Waals surface area contributed by atoms with Crippen LogP contribution in [0, 0.1) is 11.3 Å². The molecule has 1 saturated heterocycles. The second kappa shape index (κ2) is 13.4. The SMILES string of the molecule is C=CCc1cc(/C=C2\SC(=O)N(CCOc3ccccc3)C2=O)cc(OCC)c1OCc1ccccc1C#N. The number of rotatable bonds is 12. The Kier molecular flexibility index (Phi) is 9.44. The fraction of sp³-hybridized carbons (Fsp3) is 0.194. The topological polar surface area (TPSA) is 88.9 Å². The van der Waals surface area contributed by atoms with Crippen LogP contribution >= 0.6 is 11.8 Å². The smallest absolute Gasteiger partial charge is 0.293 e. The third-order valence-corrected chi connectivity index (χ3v) is 6.73. The second-order valence-corrected chi connectivity index (χ2v) is 9.48. The number of carbonyl (C=O) groups is 2. The van der Waals surface area contributed by atoms with E-state index in [1.807, 2.05) is 61.5 Å². The molecule has 2 amide bonds. The zero-order valence-electron chi connectivity index (χ0n) is 21.6. The first-order valence-electron chi connectivity index (χ1n) is 12.5. The molecule has 1 aliphatic rings. The van der Waals surface area contributed by atoms with Crippen molar-refractivity contribution >= 4 is 29.0 Å². The molecule has 1 aliphatic heterocycles. The molecular formula is C31H28N2O5S. The van der Waals surface area contributed by atoms with Gasteiger partial charge in [0, 0.05) is 11.1 Å². The van der Waals surface area contributed by atoms with Crippen LogP contribution in [0.15, 0.2) is 84.3 Å². The van der Waals surface area contributed by atoms with Crippen molar-refractivity contribution in [2.75, 3.05) is 19.8 Å². The van der Waals surface area contributed by atoms with Crippen molar-refractivity contribution in [3.63, 3.8) is 0 Å². The number of carbonyl (C=O) groups excluding carboxylic acids is 2. The third kappa shape index (κ3) is 6.89. The summed E-state index contributed by atoms with van der Waals surface area (Å²) in [6, 6.07) is 22.4. The van der Waals surface area contributed by atoms with Gasteiger partial charge in [0.2, 0.25) is 0 Å². The van der Waals surface area contributed by atoms with Gasteiger partial charge in [-0.15, -0.1) is 6.58 Å². The van der Waals surface area contributed by atoms with Crippen LogP contribution in [0.4, 0.5) is 4.79 Å². The van der Waals surface area contributed by atoms with E-state index in [9.17, 15) is 14.9 Å². The highest BCUT2D eigenvalue weighted by atomic mass is 32.2. The summed E-state index contributed by atoms with van der Waals surface area (Å²) in [5, 5.41) is 9.07. The van der Waals surface area contributed by atoms with Crippen LogP contribution in [0.5, 0.6) is 17.2 Å². The Morgan fingerprint density at radius 1 is 1.00 bits per heavy atom. The summed E-state index contributed by atoms with van der Waals surface area (Å²) in [6.07, 6.45) is 3.94. The normalized spacial score (nSPS) is 13.8. The maximum atomic E-state index is 13.0. The highest BCUT2D eigenvalue weighted by molar-refractivity contribution is 8.18. The molecule has 3 aromatic rings. The van der Waals surface area contributed by atoms with E-state index in [0.717, 1.165) is 22.9 Å². The van der Waals surface area contributed by atoms with Gasteiger partial charge in [0.05, 0.1) is 29.7 Å². The van der Waals surface area contributed by atoms with E-state index >= 15 is 0 Å². The Morgan fingerprint density at radius 2 is 1.77 bits per heavy atom. The average molecular weight is 541 g/mol. The van der Waals surface area contributed by atoms with Gasteiger partial charge in [-0.2, -0.15) is 5.26 Å². The van der Waals surface area contributed by atoms with Gasteiger partial charge in [0.25, 0.3) is 11.1 Å². The fourth-order valence-electron chi connectivity index (χ4n) is 4.02. The van der Waals surface area contributed by atoms with Gasteiger partial charge >= 0.3 is 0 Å². The van der Waals surface area contributed by atoms with Crippen LogP contribution in [0.25, 0.3) is 6.08 Å². The van der Waals surface area contributed by atoms with E-state index in [4.69, 9.17) is 14.2 Å². The Balaban J connectivity index is 1.55. The number of hydrogen-bond donors (Lipinski definition) is 0. The molecule has 4 rings (SSSR count). The lowest BCUT2D eigenvalue weighted by atomic mass is 10.0. The van der Waals surface area contributed by atoms with Crippen LogP contribution in [-0.2, 0) is 17.8 Å². The number of ether oxygens (including phenoxy) is 3. The van der Waals surface area contributed by atoms with Crippen LogP contribution < -0.4 is 14.2 Å². The Bertz CT molecular complexity index is 1430. The van der Waals surface area contributed by atoms with Gasteiger partial charge in [-0.3, -0.25) is 14.5 Å². The molecule has 8 heteroatoms. The summed E-state index contributed by atoms with van der Waals surface area (Å²) < 4.78 is 17.7. The summed E-state index contributed by atoms with van der Waals surface area (Å²) in [7, 11) is 0. The van der Waals surface area contributed by atoms with Crippen LogP contribution in [0.2, 0.25) is 0 Å². The van der Waals surface area contributed by atoms with Crippen molar-refractivity contribution in [3.05, 3.63) is 107 Å². The number of hydrogen-bond acceptors (Lipinski definition) is 7. The van der Waals surface area contributed by atoms with Crippen molar-refractivity contribution in [1.82, 2.24) is 4.90 Å². The number of allylic oxidation sites excluding steroid dienone is 1. The zero-order valence-corrected chi connectivity index (χ0v) is 22.4. The number of imide groups is 1. The Morgan fingerprint density at radius 3 is 2.51 bits per heavy atom. The first kappa shape index (κ1) is 27.6. The molecule has 1 heterocycles. The predicted octanol–water partition coefficient (Wildman–Crippen LogP) is 6.38. The van der Waals surface area contributed by atoms with E-state index in [-0.39, 0.29) is 30.9 Å². The number of amides is 2. The lowest BCUT2D eigenvalue weighted by Gasteiger charge is -2.17. The minimum Gasteiger partial charge on any atom is -0.492 e. The third-order valence-electron chi connectivity index (χ3n) is 5.83. The van der Waals surface area contributed by atoms with Gasteiger partial charge in [0.15, 0.2) is 11.5 Å². The quantitative estimate of drug-likeness (QED) is 0.195. The van der Waals surface area contributed by atoms with Crippen molar-refractivity contribution < 1.29 is 23.8 Å². The van der Waals surface area contributed by atoms with Crippen molar-refractivity contribution in [1.29, 1.82) is 5.26 Å². The predicted molar refractivity (Wildman–Crippen MR) is 152 cm³/mol. The van der Waals surface area contributed by atoms with Gasteiger partial charge in [-0.05, 0) is 67.1 Å². The monoisotopic (exact) mass is 540 g/mol. The van der Waals surface area contributed by atoms with Crippen molar-refractivity contribution in [2.45, 2.75) is 20.0 Å². The maximum Gasteiger partial charge on any atom is 0.293 e. The van der Waals surface area contributed by atoms with E-state index < -0.39 is 0 Å². The van der Waals surface area contributed by atoms with Gasteiger partial charge in [-0.25, -0.2) is 0 Å². The summed E-state index contributed by atoms with van der Waals surface area (Å²) in [5.74, 6) is 1.37. The van der Waals surface area contributed by atoms with Crippen LogP contribution in [0.1, 0.15) is 29.2 Å². The second-order valence-electron chi connectivity index (χ2n) is 8.49. The highest BCUT2D eigenvalue weighted by Gasteiger charge is 2.35. The minimum atomic E-state index is -0.363. The summed E-state index contributed by atoms with van der Waals surface area (Å²) in [5.41, 5.74) is 2.82. The molecule has 0 bridgehead atoms. The molecule has 0 radical (unpaired) electrons. The number of para-hydroxylation sites is 1. The Labute approximate surface area is 232 Å². The van der Waals surface area contributed by atoms with Crippen molar-refractivity contribution in [3.8, 4) is 23.3 Å².